The average molecular weight is 219 g/mol. The Hall–Kier alpha value is -1.68. The predicted molar refractivity (Wildman–Crippen MR) is 58.6 cm³/mol. The van der Waals surface area contributed by atoms with Gasteiger partial charge in [0.2, 0.25) is 11.8 Å². The van der Waals surface area contributed by atoms with Gasteiger partial charge in [-0.1, -0.05) is 12.1 Å². The smallest absolute Gasteiger partial charge is 0.230 e. The molecule has 16 heavy (non-hydrogen) atoms. The zero-order valence-electron chi connectivity index (χ0n) is 9.11. The van der Waals surface area contributed by atoms with Crippen LogP contribution in [0, 0.1) is 0 Å². The Morgan fingerprint density at radius 2 is 2.00 bits per heavy atom. The Morgan fingerprint density at radius 1 is 1.31 bits per heavy atom. The number of β-lactam (4-membered cyclic amide) rings is 1. The van der Waals surface area contributed by atoms with Gasteiger partial charge in [0.15, 0.2) is 0 Å². The van der Waals surface area contributed by atoms with E-state index in [2.05, 4.69) is 5.73 Å². The fourth-order valence-corrected chi connectivity index (χ4v) is 1.67. The summed E-state index contributed by atoms with van der Waals surface area (Å²) in [6.07, 6.45) is 1.60. The van der Waals surface area contributed by atoms with Crippen molar-refractivity contribution in [3.63, 3.8) is 0 Å². The molecule has 0 spiro atoms. The van der Waals surface area contributed by atoms with Crippen molar-refractivity contribution >= 4 is 17.5 Å². The van der Waals surface area contributed by atoms with Gasteiger partial charge in [-0.25, -0.2) is 0 Å². The second-order valence-corrected chi connectivity index (χ2v) is 4.01. The molecule has 3 N–H and O–H groups in total. The maximum absolute atomic E-state index is 11.6. The minimum Gasteiger partial charge on any atom is -0.325 e. The van der Waals surface area contributed by atoms with Gasteiger partial charge < -0.3 is 5.73 Å². The van der Waals surface area contributed by atoms with Gasteiger partial charge in [0.25, 0.3) is 0 Å². The molecule has 0 aromatic heterocycles. The second kappa shape index (κ2) is 4.45. The molecule has 84 valence electrons. The first-order chi connectivity index (χ1) is 7.66. The van der Waals surface area contributed by atoms with Crippen LogP contribution >= 0.6 is 0 Å². The Morgan fingerprint density at radius 3 is 2.50 bits per heavy atom. The van der Waals surface area contributed by atoms with Crippen LogP contribution in [-0.2, 0) is 16.0 Å². The van der Waals surface area contributed by atoms with Gasteiger partial charge in [0.05, 0.1) is 0 Å². The van der Waals surface area contributed by atoms with E-state index in [1.165, 1.54) is 4.90 Å². The zero-order chi connectivity index (χ0) is 11.5. The van der Waals surface area contributed by atoms with Gasteiger partial charge in [-0.15, -0.1) is 0 Å². The van der Waals surface area contributed by atoms with Crippen LogP contribution in [0.2, 0.25) is 0 Å². The van der Waals surface area contributed by atoms with Crippen LogP contribution in [0.4, 0.5) is 5.69 Å². The maximum Gasteiger partial charge on any atom is 0.230 e. The molecule has 0 saturated carbocycles. The summed E-state index contributed by atoms with van der Waals surface area (Å²) in [5.74, 6) is -0.104. The summed E-state index contributed by atoms with van der Waals surface area (Å²) in [5.41, 5.74) is 5.87. The van der Waals surface area contributed by atoms with Crippen molar-refractivity contribution < 1.29 is 15.3 Å². The summed E-state index contributed by atoms with van der Waals surface area (Å²) in [4.78, 5) is 23.9. The van der Waals surface area contributed by atoms with Gasteiger partial charge in [0, 0.05) is 19.4 Å². The zero-order valence-corrected chi connectivity index (χ0v) is 9.11. The van der Waals surface area contributed by atoms with Crippen LogP contribution in [0.15, 0.2) is 24.3 Å². The summed E-state index contributed by atoms with van der Waals surface area (Å²) < 4.78 is 0. The highest BCUT2D eigenvalue weighted by atomic mass is 16.2. The number of rotatable bonds is 3. The number of benzene rings is 1. The molecule has 2 amide bonds. The lowest BCUT2D eigenvalue weighted by Gasteiger charge is -2.28. The van der Waals surface area contributed by atoms with Crippen molar-refractivity contribution in [3.8, 4) is 0 Å². The Kier molecular flexibility index (Phi) is 3.01. The van der Waals surface area contributed by atoms with E-state index in [9.17, 15) is 9.59 Å². The molecule has 1 saturated heterocycles. The van der Waals surface area contributed by atoms with Gasteiger partial charge in [0.1, 0.15) is 5.69 Å². The average Bonchev–Trinajstić information content (AvgIpc) is 2.26. The van der Waals surface area contributed by atoms with Gasteiger partial charge in [-0.3, -0.25) is 14.5 Å². The minimum absolute atomic E-state index is 0.0434. The van der Waals surface area contributed by atoms with E-state index in [4.69, 9.17) is 0 Å². The van der Waals surface area contributed by atoms with Crippen molar-refractivity contribution in [2.75, 3.05) is 6.54 Å². The number of hydrogen-bond donors (Lipinski definition) is 1. The summed E-state index contributed by atoms with van der Waals surface area (Å²) in [6, 6.07) is 7.78. The quantitative estimate of drug-likeness (QED) is 0.741. The molecule has 0 radical (unpaired) electrons. The monoisotopic (exact) mass is 219 g/mol. The van der Waals surface area contributed by atoms with Gasteiger partial charge in [-0.2, -0.15) is 0 Å². The highest BCUT2D eigenvalue weighted by Gasteiger charge is 2.29. The molecule has 2 rings (SSSR count). The van der Waals surface area contributed by atoms with E-state index in [-0.39, 0.29) is 11.8 Å². The molecule has 1 aliphatic rings. The van der Waals surface area contributed by atoms with Crippen LogP contribution in [0.3, 0.4) is 0 Å². The standard InChI is InChI=1S/C12H14N2O2/c13-10-4-1-9(2-5-10)3-6-11(15)14-8-7-12(14)16/h1-2,4-5H,3,6-8,13H2/p+1. The molecule has 1 aromatic carbocycles. The third kappa shape index (κ3) is 2.28. The fraction of sp³-hybridized carbons (Fsp3) is 0.333. The summed E-state index contributed by atoms with van der Waals surface area (Å²) in [6.45, 7) is 0.593. The molecule has 1 heterocycles. The van der Waals surface area contributed by atoms with E-state index in [1.807, 2.05) is 24.3 Å². The van der Waals surface area contributed by atoms with Crippen LogP contribution in [0.25, 0.3) is 0 Å². The number of likely N-dealkylation sites (tertiary alicyclic amines) is 1. The Labute approximate surface area is 94.0 Å². The number of nitrogens with zero attached hydrogens (tertiary/aromatic N) is 1. The third-order valence-corrected chi connectivity index (χ3v) is 2.80. The lowest BCUT2D eigenvalue weighted by molar-refractivity contribution is -0.254. The van der Waals surface area contributed by atoms with Crippen molar-refractivity contribution in [1.82, 2.24) is 4.90 Å². The van der Waals surface area contributed by atoms with Crippen LogP contribution < -0.4 is 5.73 Å². The summed E-state index contributed by atoms with van der Waals surface area (Å²) >= 11 is 0. The Bertz CT molecular complexity index is 412. The number of carbonyl (C=O) groups is 2. The number of quaternary nitrogens is 1. The first-order valence-corrected chi connectivity index (χ1v) is 5.41. The number of carbonyl (C=O) groups excluding carboxylic acids is 2. The molecule has 4 nitrogen and oxygen atoms in total. The fourth-order valence-electron chi connectivity index (χ4n) is 1.67. The molecule has 1 aromatic rings. The van der Waals surface area contributed by atoms with Crippen LogP contribution in [0.1, 0.15) is 18.4 Å². The molecule has 1 fully saturated rings. The summed E-state index contributed by atoms with van der Waals surface area (Å²) in [5, 5.41) is 0. The molecular formula is C12H15N2O2+. The topological polar surface area (TPSA) is 65.0 Å². The van der Waals surface area contributed by atoms with E-state index in [0.717, 1.165) is 11.3 Å². The van der Waals surface area contributed by atoms with E-state index < -0.39 is 0 Å². The second-order valence-electron chi connectivity index (χ2n) is 4.01. The van der Waals surface area contributed by atoms with Crippen LogP contribution in [-0.4, -0.2) is 23.3 Å². The molecule has 1 aliphatic heterocycles. The normalized spacial score (nSPS) is 14.8. The molecular weight excluding hydrogens is 204 g/mol. The van der Waals surface area contributed by atoms with Crippen molar-refractivity contribution in [3.05, 3.63) is 29.8 Å². The highest BCUT2D eigenvalue weighted by molar-refractivity contribution is 5.99. The van der Waals surface area contributed by atoms with Crippen molar-refractivity contribution in [2.45, 2.75) is 19.3 Å². The van der Waals surface area contributed by atoms with Crippen molar-refractivity contribution in [1.29, 1.82) is 0 Å². The van der Waals surface area contributed by atoms with E-state index in [1.54, 1.807) is 0 Å². The lowest BCUT2D eigenvalue weighted by atomic mass is 10.1. The SMILES string of the molecule is [NH3+]c1ccc(CCC(=O)N2CCC2=O)cc1. The molecule has 4 heteroatoms. The molecule has 0 aliphatic carbocycles. The highest BCUT2D eigenvalue weighted by Crippen LogP contribution is 2.13. The van der Waals surface area contributed by atoms with Crippen molar-refractivity contribution in [2.24, 2.45) is 0 Å². The lowest BCUT2D eigenvalue weighted by Crippen LogP contribution is -2.47. The predicted octanol–water partition coefficient (Wildman–Crippen LogP) is 0.251. The van der Waals surface area contributed by atoms with E-state index in [0.29, 0.717) is 25.8 Å². The van der Waals surface area contributed by atoms with Crippen LogP contribution in [0.5, 0.6) is 0 Å². The number of imide groups is 1. The van der Waals surface area contributed by atoms with E-state index >= 15 is 0 Å². The largest absolute Gasteiger partial charge is 0.325 e. The number of hydrogen-bond acceptors (Lipinski definition) is 2. The maximum atomic E-state index is 11.6. The first kappa shape index (κ1) is 10.8. The first-order valence-electron chi connectivity index (χ1n) is 5.41. The Balaban J connectivity index is 1.85. The summed E-state index contributed by atoms with van der Waals surface area (Å²) in [7, 11) is 0. The van der Waals surface area contributed by atoms with Gasteiger partial charge >= 0.3 is 0 Å². The molecule has 0 unspecified atom stereocenters. The molecule has 0 atom stereocenters. The third-order valence-electron chi connectivity index (χ3n) is 2.80. The molecule has 0 bridgehead atoms. The number of aryl methyl sites for hydroxylation is 1. The van der Waals surface area contributed by atoms with Gasteiger partial charge in [-0.05, 0) is 24.1 Å². The minimum atomic E-state index is -0.0602. The number of amides is 2.